The molecule has 152 valence electrons. The third-order valence-electron chi connectivity index (χ3n) is 5.81. The molecule has 1 saturated carbocycles. The third kappa shape index (κ3) is 6.04. The molecule has 2 heterocycles. The molecule has 0 bridgehead atoms. The van der Waals surface area contributed by atoms with E-state index in [1.165, 1.54) is 19.4 Å². The van der Waals surface area contributed by atoms with Crippen LogP contribution in [0.25, 0.3) is 0 Å². The van der Waals surface area contributed by atoms with Gasteiger partial charge in [0.25, 0.3) is 0 Å². The molecule has 0 aromatic carbocycles. The summed E-state index contributed by atoms with van der Waals surface area (Å²) in [5.74, 6) is 1.61. The SMILES string of the molecule is CCS(=O)C1CCCC(NC(=NC)NCC2CN3CCCC3CO2)C1.I. The molecule has 5 atom stereocenters. The Hall–Kier alpha value is 0.0700. The Morgan fingerprint density at radius 3 is 2.92 bits per heavy atom. The number of rotatable bonds is 5. The topological polar surface area (TPSA) is 66.0 Å². The van der Waals surface area contributed by atoms with E-state index in [9.17, 15) is 4.21 Å². The largest absolute Gasteiger partial charge is 0.373 e. The van der Waals surface area contributed by atoms with Crippen molar-refractivity contribution in [2.75, 3.05) is 39.0 Å². The highest BCUT2D eigenvalue weighted by molar-refractivity contribution is 14.0. The van der Waals surface area contributed by atoms with Crippen LogP contribution < -0.4 is 10.6 Å². The number of hydrogen-bond acceptors (Lipinski definition) is 4. The highest BCUT2D eigenvalue weighted by Crippen LogP contribution is 2.23. The number of nitrogens with one attached hydrogen (secondary N) is 2. The second-order valence-electron chi connectivity index (χ2n) is 7.50. The Morgan fingerprint density at radius 2 is 2.15 bits per heavy atom. The summed E-state index contributed by atoms with van der Waals surface area (Å²) in [5.41, 5.74) is 0. The van der Waals surface area contributed by atoms with Gasteiger partial charge in [-0.1, -0.05) is 13.3 Å². The molecular weight excluding hydrogens is 463 g/mol. The highest BCUT2D eigenvalue weighted by Gasteiger charge is 2.32. The second kappa shape index (κ2) is 11.2. The van der Waals surface area contributed by atoms with Crippen molar-refractivity contribution in [3.05, 3.63) is 0 Å². The number of morpholine rings is 1. The van der Waals surface area contributed by atoms with Crippen LogP contribution in [0.5, 0.6) is 0 Å². The molecule has 1 aliphatic carbocycles. The molecule has 2 saturated heterocycles. The van der Waals surface area contributed by atoms with Gasteiger partial charge in [0.15, 0.2) is 5.96 Å². The molecule has 5 unspecified atom stereocenters. The minimum absolute atomic E-state index is 0. The van der Waals surface area contributed by atoms with Gasteiger partial charge in [-0.05, 0) is 38.6 Å². The number of hydrogen-bond donors (Lipinski definition) is 2. The van der Waals surface area contributed by atoms with Crippen molar-refractivity contribution in [3.63, 3.8) is 0 Å². The van der Waals surface area contributed by atoms with Crippen molar-refractivity contribution in [1.29, 1.82) is 0 Å². The molecule has 0 aromatic heterocycles. The molecule has 0 radical (unpaired) electrons. The average Bonchev–Trinajstić information content (AvgIpc) is 3.12. The van der Waals surface area contributed by atoms with Crippen molar-refractivity contribution in [1.82, 2.24) is 15.5 Å². The Morgan fingerprint density at radius 1 is 1.31 bits per heavy atom. The van der Waals surface area contributed by atoms with E-state index in [0.29, 0.717) is 17.3 Å². The monoisotopic (exact) mass is 498 g/mol. The van der Waals surface area contributed by atoms with Crippen molar-refractivity contribution >= 4 is 40.7 Å². The highest BCUT2D eigenvalue weighted by atomic mass is 127. The van der Waals surface area contributed by atoms with E-state index in [2.05, 4.69) is 20.5 Å². The lowest BCUT2D eigenvalue weighted by Crippen LogP contribution is -2.53. The molecule has 0 spiro atoms. The predicted molar refractivity (Wildman–Crippen MR) is 119 cm³/mol. The first-order valence-corrected chi connectivity index (χ1v) is 11.3. The Kier molecular flexibility index (Phi) is 9.60. The standard InChI is InChI=1S/C18H34N4O2S.HI/c1-3-25(23)17-8-4-6-14(10-17)21-18(19-2)20-11-16-12-22-9-5-7-15(22)13-24-16;/h14-17H,3-13H2,1-2H3,(H2,19,20,21);1H. The zero-order valence-electron chi connectivity index (χ0n) is 16.1. The molecular formula is C18H35IN4O2S. The molecule has 26 heavy (non-hydrogen) atoms. The summed E-state index contributed by atoms with van der Waals surface area (Å²) >= 11 is 0. The smallest absolute Gasteiger partial charge is 0.191 e. The van der Waals surface area contributed by atoms with E-state index in [-0.39, 0.29) is 30.1 Å². The van der Waals surface area contributed by atoms with Crippen LogP contribution in [0.2, 0.25) is 0 Å². The first kappa shape index (κ1) is 22.4. The van der Waals surface area contributed by atoms with Crippen LogP contribution in [0.15, 0.2) is 4.99 Å². The van der Waals surface area contributed by atoms with E-state index < -0.39 is 10.8 Å². The molecule has 8 heteroatoms. The van der Waals surface area contributed by atoms with Crippen LogP contribution in [0.3, 0.4) is 0 Å². The van der Waals surface area contributed by atoms with Crippen LogP contribution in [0, 0.1) is 0 Å². The van der Waals surface area contributed by atoms with Gasteiger partial charge in [-0.3, -0.25) is 14.1 Å². The maximum Gasteiger partial charge on any atom is 0.191 e. The van der Waals surface area contributed by atoms with Crippen molar-refractivity contribution in [2.45, 2.75) is 68.9 Å². The van der Waals surface area contributed by atoms with Crippen LogP contribution >= 0.6 is 24.0 Å². The zero-order valence-corrected chi connectivity index (χ0v) is 19.3. The number of guanidine groups is 1. The summed E-state index contributed by atoms with van der Waals surface area (Å²) in [4.78, 5) is 6.94. The van der Waals surface area contributed by atoms with Crippen molar-refractivity contribution < 1.29 is 8.95 Å². The fourth-order valence-corrected chi connectivity index (χ4v) is 5.71. The van der Waals surface area contributed by atoms with Crippen LogP contribution in [0.4, 0.5) is 0 Å². The lowest BCUT2D eigenvalue weighted by atomic mass is 9.95. The molecule has 2 aliphatic heterocycles. The van der Waals surface area contributed by atoms with E-state index >= 15 is 0 Å². The Bertz CT molecular complexity index is 494. The Balaban J connectivity index is 0.00000243. The molecule has 2 N–H and O–H groups in total. The fraction of sp³-hybridized carbons (Fsp3) is 0.944. The minimum atomic E-state index is -0.687. The van der Waals surface area contributed by atoms with Crippen molar-refractivity contribution in [3.8, 4) is 0 Å². The van der Waals surface area contributed by atoms with Gasteiger partial charge in [0.05, 0.1) is 12.7 Å². The number of halogens is 1. The summed E-state index contributed by atoms with van der Waals surface area (Å²) in [6.07, 6.45) is 7.18. The van der Waals surface area contributed by atoms with E-state index in [4.69, 9.17) is 4.74 Å². The molecule has 0 aromatic rings. The van der Waals surface area contributed by atoms with Gasteiger partial charge in [-0.15, -0.1) is 24.0 Å². The predicted octanol–water partition coefficient (Wildman–Crippen LogP) is 1.71. The quantitative estimate of drug-likeness (QED) is 0.344. The summed E-state index contributed by atoms with van der Waals surface area (Å²) in [6, 6.07) is 1.02. The van der Waals surface area contributed by atoms with Crippen LogP contribution in [-0.2, 0) is 15.5 Å². The first-order valence-electron chi connectivity index (χ1n) is 9.89. The van der Waals surface area contributed by atoms with Gasteiger partial charge in [-0.25, -0.2) is 0 Å². The van der Waals surface area contributed by atoms with Crippen LogP contribution in [0.1, 0.15) is 45.4 Å². The molecule has 0 amide bonds. The second-order valence-corrected chi connectivity index (χ2v) is 9.50. The van der Waals surface area contributed by atoms with Gasteiger partial charge < -0.3 is 15.4 Å². The van der Waals surface area contributed by atoms with Gasteiger partial charge in [0.1, 0.15) is 0 Å². The lowest BCUT2D eigenvalue weighted by Gasteiger charge is -2.35. The number of ether oxygens (including phenoxy) is 1. The Labute approximate surface area is 177 Å². The van der Waals surface area contributed by atoms with Gasteiger partial charge in [0, 0.05) is 54.0 Å². The molecule has 3 rings (SSSR count). The normalized spacial score (nSPS) is 33.8. The first-order chi connectivity index (χ1) is 12.2. The average molecular weight is 498 g/mol. The van der Waals surface area contributed by atoms with Crippen LogP contribution in [-0.4, -0.2) is 77.5 Å². The minimum Gasteiger partial charge on any atom is -0.373 e. The number of aliphatic imine (C=N–C) groups is 1. The van der Waals surface area contributed by atoms with Crippen molar-refractivity contribution in [2.24, 2.45) is 4.99 Å². The fourth-order valence-electron chi connectivity index (χ4n) is 4.36. The third-order valence-corrected chi connectivity index (χ3v) is 7.55. The van der Waals surface area contributed by atoms with E-state index in [0.717, 1.165) is 57.1 Å². The van der Waals surface area contributed by atoms with Gasteiger partial charge >= 0.3 is 0 Å². The summed E-state index contributed by atoms with van der Waals surface area (Å²) in [7, 11) is 1.13. The van der Waals surface area contributed by atoms with E-state index in [1.807, 2.05) is 14.0 Å². The summed E-state index contributed by atoms with van der Waals surface area (Å²) in [5, 5.41) is 7.31. The zero-order chi connectivity index (χ0) is 17.6. The molecule has 3 fully saturated rings. The number of nitrogens with zero attached hydrogens (tertiary/aromatic N) is 2. The summed E-state index contributed by atoms with van der Waals surface area (Å²) in [6.45, 7) is 5.92. The summed E-state index contributed by atoms with van der Waals surface area (Å²) < 4.78 is 18.1. The maximum atomic E-state index is 12.1. The number of fused-ring (bicyclic) bond motifs is 1. The molecule has 6 nitrogen and oxygen atoms in total. The van der Waals surface area contributed by atoms with Gasteiger partial charge in [0.2, 0.25) is 0 Å². The lowest BCUT2D eigenvalue weighted by molar-refractivity contribution is -0.0453. The van der Waals surface area contributed by atoms with E-state index in [1.54, 1.807) is 0 Å². The molecule has 3 aliphatic rings. The van der Waals surface area contributed by atoms with Gasteiger partial charge in [-0.2, -0.15) is 0 Å². The maximum absolute atomic E-state index is 12.1.